The van der Waals surface area contributed by atoms with Crippen molar-refractivity contribution < 1.29 is 4.74 Å². The van der Waals surface area contributed by atoms with E-state index >= 15 is 0 Å². The molecule has 3 nitrogen and oxygen atoms in total. The maximum Gasteiger partial charge on any atom is 0.0712 e. The molecule has 1 aromatic heterocycles. The van der Waals surface area contributed by atoms with Crippen LogP contribution in [0, 0.1) is 0 Å². The van der Waals surface area contributed by atoms with Gasteiger partial charge in [0.2, 0.25) is 0 Å². The van der Waals surface area contributed by atoms with Gasteiger partial charge in [-0.25, -0.2) is 0 Å². The summed E-state index contributed by atoms with van der Waals surface area (Å²) in [4.78, 5) is 4.33. The van der Waals surface area contributed by atoms with Crippen LogP contribution in [0.1, 0.15) is 43.8 Å². The summed E-state index contributed by atoms with van der Waals surface area (Å²) in [6.45, 7) is 0.933. The molecule has 2 heterocycles. The molecule has 2 rings (SSSR count). The number of aromatic nitrogens is 1. The van der Waals surface area contributed by atoms with Crippen molar-refractivity contribution in [3.8, 4) is 0 Å². The van der Waals surface area contributed by atoms with E-state index < -0.39 is 0 Å². The third-order valence-electron chi connectivity index (χ3n) is 3.20. The summed E-state index contributed by atoms with van der Waals surface area (Å²) in [5, 5.41) is 0. The minimum atomic E-state index is 0.0204. The van der Waals surface area contributed by atoms with Gasteiger partial charge in [0.25, 0.3) is 0 Å². The molecule has 1 saturated heterocycles. The molecule has 4 heteroatoms. The van der Waals surface area contributed by atoms with Gasteiger partial charge in [-0.15, -0.1) is 0 Å². The van der Waals surface area contributed by atoms with Gasteiger partial charge in [0, 0.05) is 23.3 Å². The Morgan fingerprint density at radius 1 is 1.59 bits per heavy atom. The second-order valence-corrected chi connectivity index (χ2v) is 5.40. The highest BCUT2D eigenvalue weighted by molar-refractivity contribution is 9.10. The Balaban J connectivity index is 1.77. The molecule has 0 aliphatic carbocycles. The molecular weight excluding hydrogens is 280 g/mol. The first kappa shape index (κ1) is 13.0. The molecule has 0 amide bonds. The van der Waals surface area contributed by atoms with Crippen LogP contribution in [0.2, 0.25) is 0 Å². The molecule has 0 radical (unpaired) electrons. The Kier molecular flexibility index (Phi) is 4.95. The lowest BCUT2D eigenvalue weighted by atomic mass is 10.0. The second-order valence-electron chi connectivity index (χ2n) is 4.54. The number of rotatable bonds is 5. The van der Waals surface area contributed by atoms with Gasteiger partial charge >= 0.3 is 0 Å². The van der Waals surface area contributed by atoms with E-state index in [4.69, 9.17) is 10.5 Å². The first-order valence-electron chi connectivity index (χ1n) is 6.25. The van der Waals surface area contributed by atoms with Crippen LogP contribution in [0.3, 0.4) is 0 Å². The molecule has 0 saturated carbocycles. The largest absolute Gasteiger partial charge is 0.378 e. The molecule has 1 fully saturated rings. The zero-order valence-corrected chi connectivity index (χ0v) is 11.5. The van der Waals surface area contributed by atoms with Crippen LogP contribution in [0.15, 0.2) is 22.8 Å². The number of nitrogens with zero attached hydrogens (tertiary/aromatic N) is 1. The van der Waals surface area contributed by atoms with Crippen molar-refractivity contribution >= 4 is 15.9 Å². The number of ether oxygens (including phenoxy) is 1. The molecule has 94 valence electrons. The minimum Gasteiger partial charge on any atom is -0.378 e. The van der Waals surface area contributed by atoms with Crippen molar-refractivity contribution in [2.24, 2.45) is 5.73 Å². The highest BCUT2D eigenvalue weighted by atomic mass is 79.9. The SMILES string of the molecule is NC(CCCC1CCCO1)c1ncccc1Br. The van der Waals surface area contributed by atoms with Gasteiger partial charge in [-0.2, -0.15) is 0 Å². The van der Waals surface area contributed by atoms with E-state index in [1.807, 2.05) is 12.1 Å². The van der Waals surface area contributed by atoms with E-state index in [0.29, 0.717) is 6.10 Å². The molecule has 2 atom stereocenters. The minimum absolute atomic E-state index is 0.0204. The van der Waals surface area contributed by atoms with Crippen molar-refractivity contribution in [2.75, 3.05) is 6.61 Å². The summed E-state index contributed by atoms with van der Waals surface area (Å²) in [6.07, 6.45) is 7.88. The van der Waals surface area contributed by atoms with Crippen molar-refractivity contribution in [1.29, 1.82) is 0 Å². The van der Waals surface area contributed by atoms with Gasteiger partial charge in [-0.3, -0.25) is 4.98 Å². The lowest BCUT2D eigenvalue weighted by Crippen LogP contribution is -2.14. The standard InChI is InChI=1S/C13H19BrN2O/c14-11-6-2-8-16-13(11)12(15)7-1-4-10-5-3-9-17-10/h2,6,8,10,12H,1,3-5,7,9,15H2. The van der Waals surface area contributed by atoms with E-state index in [1.165, 1.54) is 12.8 Å². The van der Waals surface area contributed by atoms with Crippen LogP contribution in [-0.2, 0) is 4.74 Å². The topological polar surface area (TPSA) is 48.1 Å². The number of hydrogen-bond acceptors (Lipinski definition) is 3. The monoisotopic (exact) mass is 298 g/mol. The summed E-state index contributed by atoms with van der Waals surface area (Å²) < 4.78 is 6.60. The molecule has 1 aromatic rings. The zero-order chi connectivity index (χ0) is 12.1. The first-order valence-corrected chi connectivity index (χ1v) is 7.04. The van der Waals surface area contributed by atoms with Gasteiger partial charge < -0.3 is 10.5 Å². The third kappa shape index (κ3) is 3.76. The maximum absolute atomic E-state index is 6.15. The highest BCUT2D eigenvalue weighted by Crippen LogP contribution is 2.24. The Bertz CT molecular complexity index is 353. The fraction of sp³-hybridized carbons (Fsp3) is 0.615. The maximum atomic E-state index is 6.15. The first-order chi connectivity index (χ1) is 8.27. The third-order valence-corrected chi connectivity index (χ3v) is 3.87. The molecule has 2 N–H and O–H groups in total. The fourth-order valence-electron chi connectivity index (χ4n) is 2.24. The van der Waals surface area contributed by atoms with Gasteiger partial charge in [0.05, 0.1) is 11.8 Å². The van der Waals surface area contributed by atoms with Crippen LogP contribution < -0.4 is 5.73 Å². The average molecular weight is 299 g/mol. The Morgan fingerprint density at radius 2 is 2.47 bits per heavy atom. The van der Waals surface area contributed by atoms with Crippen molar-refractivity contribution in [3.05, 3.63) is 28.5 Å². The predicted molar refractivity (Wildman–Crippen MR) is 71.7 cm³/mol. The molecule has 0 spiro atoms. The van der Waals surface area contributed by atoms with E-state index in [-0.39, 0.29) is 6.04 Å². The molecular formula is C13H19BrN2O. The lowest BCUT2D eigenvalue weighted by molar-refractivity contribution is 0.101. The fourth-order valence-corrected chi connectivity index (χ4v) is 2.79. The average Bonchev–Trinajstić information content (AvgIpc) is 2.82. The van der Waals surface area contributed by atoms with Gasteiger partial charge in [0.15, 0.2) is 0 Å². The second kappa shape index (κ2) is 6.47. The highest BCUT2D eigenvalue weighted by Gasteiger charge is 2.16. The molecule has 17 heavy (non-hydrogen) atoms. The number of hydrogen-bond donors (Lipinski definition) is 1. The summed E-state index contributed by atoms with van der Waals surface area (Å²) in [5.41, 5.74) is 7.11. The predicted octanol–water partition coefficient (Wildman–Crippen LogP) is 3.19. The van der Waals surface area contributed by atoms with Crippen molar-refractivity contribution in [2.45, 2.75) is 44.2 Å². The van der Waals surface area contributed by atoms with Crippen molar-refractivity contribution in [3.63, 3.8) is 0 Å². The summed E-state index contributed by atoms with van der Waals surface area (Å²) in [6, 6.07) is 3.92. The van der Waals surface area contributed by atoms with E-state index in [2.05, 4.69) is 20.9 Å². The molecule has 0 aromatic carbocycles. The summed E-state index contributed by atoms with van der Waals surface area (Å²) in [5.74, 6) is 0. The van der Waals surface area contributed by atoms with E-state index in [1.54, 1.807) is 6.20 Å². The zero-order valence-electron chi connectivity index (χ0n) is 9.94. The number of nitrogens with two attached hydrogens (primary N) is 1. The van der Waals surface area contributed by atoms with Crippen LogP contribution in [0.25, 0.3) is 0 Å². The Hall–Kier alpha value is -0.450. The molecule has 1 aliphatic heterocycles. The van der Waals surface area contributed by atoms with Crippen LogP contribution in [-0.4, -0.2) is 17.7 Å². The Morgan fingerprint density at radius 3 is 3.18 bits per heavy atom. The van der Waals surface area contributed by atoms with Gasteiger partial charge in [-0.05, 0) is 60.2 Å². The summed E-state index contributed by atoms with van der Waals surface area (Å²) >= 11 is 3.49. The van der Waals surface area contributed by atoms with Gasteiger partial charge in [0.1, 0.15) is 0 Å². The molecule has 0 bridgehead atoms. The molecule has 1 aliphatic rings. The van der Waals surface area contributed by atoms with Crippen LogP contribution in [0.5, 0.6) is 0 Å². The number of pyridine rings is 1. The number of halogens is 1. The van der Waals surface area contributed by atoms with E-state index in [9.17, 15) is 0 Å². The quantitative estimate of drug-likeness (QED) is 0.908. The van der Waals surface area contributed by atoms with E-state index in [0.717, 1.165) is 36.0 Å². The van der Waals surface area contributed by atoms with Crippen LogP contribution in [0.4, 0.5) is 0 Å². The van der Waals surface area contributed by atoms with Gasteiger partial charge in [-0.1, -0.05) is 0 Å². The van der Waals surface area contributed by atoms with Crippen LogP contribution >= 0.6 is 15.9 Å². The molecule has 2 unspecified atom stereocenters. The normalized spacial score (nSPS) is 21.6. The smallest absolute Gasteiger partial charge is 0.0712 e. The lowest BCUT2D eigenvalue weighted by Gasteiger charge is -2.14. The van der Waals surface area contributed by atoms with Crippen molar-refractivity contribution in [1.82, 2.24) is 4.98 Å². The Labute approximate surface area is 111 Å². The summed E-state index contributed by atoms with van der Waals surface area (Å²) in [7, 11) is 0.